The third-order valence-corrected chi connectivity index (χ3v) is 5.40. The van der Waals surface area contributed by atoms with Gasteiger partial charge in [-0.15, -0.1) is 0 Å². The number of nitro groups is 1. The standard InChI is InChI=1S/C14H15IN2O3/c15-12-4-3-10(17(19)20)7-11(12)14(18)16-13-6-8-1-2-9(13)5-8/h3-4,7-9,13H,1-2,5-6H2,(H,16,18). The van der Waals surface area contributed by atoms with Gasteiger partial charge < -0.3 is 5.32 Å². The van der Waals surface area contributed by atoms with E-state index in [0.29, 0.717) is 11.5 Å². The van der Waals surface area contributed by atoms with E-state index in [1.807, 2.05) is 22.6 Å². The highest BCUT2D eigenvalue weighted by atomic mass is 127. The molecular weight excluding hydrogens is 371 g/mol. The Kier molecular flexibility index (Phi) is 3.66. The van der Waals surface area contributed by atoms with Gasteiger partial charge in [0.25, 0.3) is 11.6 Å². The van der Waals surface area contributed by atoms with E-state index in [1.54, 1.807) is 6.07 Å². The Morgan fingerprint density at radius 1 is 1.35 bits per heavy atom. The van der Waals surface area contributed by atoms with E-state index in [9.17, 15) is 14.9 Å². The number of fused-ring (bicyclic) bond motifs is 2. The summed E-state index contributed by atoms with van der Waals surface area (Å²) < 4.78 is 0.744. The summed E-state index contributed by atoms with van der Waals surface area (Å²) in [4.78, 5) is 22.7. The van der Waals surface area contributed by atoms with Crippen LogP contribution in [-0.4, -0.2) is 16.9 Å². The van der Waals surface area contributed by atoms with Crippen LogP contribution in [0.2, 0.25) is 0 Å². The summed E-state index contributed by atoms with van der Waals surface area (Å²) in [6.45, 7) is 0. The van der Waals surface area contributed by atoms with Gasteiger partial charge in [-0.1, -0.05) is 6.42 Å². The summed E-state index contributed by atoms with van der Waals surface area (Å²) >= 11 is 2.04. The lowest BCUT2D eigenvalue weighted by Crippen LogP contribution is -2.38. The number of hydrogen-bond acceptors (Lipinski definition) is 3. The molecule has 0 aliphatic heterocycles. The number of halogens is 1. The average Bonchev–Trinajstić information content (AvgIpc) is 3.01. The number of nitrogens with one attached hydrogen (secondary N) is 1. The van der Waals surface area contributed by atoms with Crippen molar-refractivity contribution in [2.24, 2.45) is 11.8 Å². The molecule has 1 amide bonds. The third kappa shape index (κ3) is 2.53. The third-order valence-electron chi connectivity index (χ3n) is 4.46. The van der Waals surface area contributed by atoms with Crippen LogP contribution in [0.5, 0.6) is 0 Å². The van der Waals surface area contributed by atoms with Crippen LogP contribution in [0.3, 0.4) is 0 Å². The van der Waals surface area contributed by atoms with Crippen LogP contribution < -0.4 is 5.32 Å². The van der Waals surface area contributed by atoms with E-state index in [2.05, 4.69) is 5.32 Å². The zero-order chi connectivity index (χ0) is 14.3. The van der Waals surface area contributed by atoms with Gasteiger partial charge in [-0.3, -0.25) is 14.9 Å². The second kappa shape index (κ2) is 5.31. The van der Waals surface area contributed by atoms with Crippen LogP contribution in [-0.2, 0) is 0 Å². The molecule has 2 fully saturated rings. The topological polar surface area (TPSA) is 72.2 Å². The molecule has 6 heteroatoms. The van der Waals surface area contributed by atoms with Crippen molar-refractivity contribution in [3.05, 3.63) is 37.4 Å². The van der Waals surface area contributed by atoms with Crippen molar-refractivity contribution in [1.29, 1.82) is 0 Å². The maximum Gasteiger partial charge on any atom is 0.270 e. The number of nitro benzene ring substituents is 1. The molecule has 0 spiro atoms. The molecule has 106 valence electrons. The Morgan fingerprint density at radius 2 is 2.15 bits per heavy atom. The van der Waals surface area contributed by atoms with Gasteiger partial charge in [-0.2, -0.15) is 0 Å². The first-order valence-corrected chi connectivity index (χ1v) is 7.87. The van der Waals surface area contributed by atoms with E-state index >= 15 is 0 Å². The van der Waals surface area contributed by atoms with Crippen LogP contribution in [0.4, 0.5) is 5.69 Å². The minimum absolute atomic E-state index is 0.0384. The van der Waals surface area contributed by atoms with Gasteiger partial charge in [-0.05, 0) is 59.8 Å². The molecule has 3 rings (SSSR count). The van der Waals surface area contributed by atoms with Crippen LogP contribution >= 0.6 is 22.6 Å². The lowest BCUT2D eigenvalue weighted by Gasteiger charge is -2.23. The fraction of sp³-hybridized carbons (Fsp3) is 0.500. The Morgan fingerprint density at radius 3 is 2.75 bits per heavy atom. The van der Waals surface area contributed by atoms with Crippen molar-refractivity contribution < 1.29 is 9.72 Å². The SMILES string of the molecule is O=C(NC1CC2CCC1C2)c1cc([N+](=O)[O-])ccc1I. The maximum atomic E-state index is 12.3. The minimum atomic E-state index is -0.468. The van der Waals surface area contributed by atoms with Crippen molar-refractivity contribution >= 4 is 34.2 Å². The number of hydrogen-bond donors (Lipinski definition) is 1. The first kappa shape index (κ1) is 13.8. The molecule has 1 aromatic carbocycles. The molecule has 3 unspecified atom stereocenters. The largest absolute Gasteiger partial charge is 0.349 e. The molecule has 3 atom stereocenters. The molecule has 0 aromatic heterocycles. The van der Waals surface area contributed by atoms with Gasteiger partial charge in [0.15, 0.2) is 0 Å². The highest BCUT2D eigenvalue weighted by molar-refractivity contribution is 14.1. The van der Waals surface area contributed by atoms with Crippen LogP contribution in [0, 0.1) is 25.5 Å². The second-order valence-corrected chi connectivity index (χ2v) is 6.84. The number of non-ortho nitro benzene ring substituents is 1. The molecule has 2 aliphatic carbocycles. The molecule has 2 aliphatic rings. The zero-order valence-electron chi connectivity index (χ0n) is 10.8. The molecule has 20 heavy (non-hydrogen) atoms. The first-order valence-electron chi connectivity index (χ1n) is 6.79. The molecular formula is C14H15IN2O3. The summed E-state index contributed by atoms with van der Waals surface area (Å²) in [5.41, 5.74) is 0.367. The summed E-state index contributed by atoms with van der Waals surface area (Å²) in [7, 11) is 0. The van der Waals surface area contributed by atoms with Crippen molar-refractivity contribution in [2.75, 3.05) is 0 Å². The fourth-order valence-electron chi connectivity index (χ4n) is 3.47. The second-order valence-electron chi connectivity index (χ2n) is 5.68. The number of nitrogens with zero attached hydrogens (tertiary/aromatic N) is 1. The number of carbonyl (C=O) groups is 1. The molecule has 0 heterocycles. The first-order chi connectivity index (χ1) is 9.54. The Labute approximate surface area is 130 Å². The van der Waals surface area contributed by atoms with E-state index in [4.69, 9.17) is 0 Å². The number of amides is 1. The van der Waals surface area contributed by atoms with Crippen LogP contribution in [0.1, 0.15) is 36.0 Å². The number of carbonyl (C=O) groups excluding carboxylic acids is 1. The zero-order valence-corrected chi connectivity index (χ0v) is 13.0. The fourth-order valence-corrected chi connectivity index (χ4v) is 4.05. The highest BCUT2D eigenvalue weighted by Crippen LogP contribution is 2.44. The van der Waals surface area contributed by atoms with Gasteiger partial charge in [0.2, 0.25) is 0 Å². The van der Waals surface area contributed by atoms with Crippen molar-refractivity contribution in [3.63, 3.8) is 0 Å². The minimum Gasteiger partial charge on any atom is -0.349 e. The summed E-state index contributed by atoms with van der Waals surface area (Å²) in [5.74, 6) is 1.17. The van der Waals surface area contributed by atoms with Gasteiger partial charge >= 0.3 is 0 Å². The van der Waals surface area contributed by atoms with Crippen LogP contribution in [0.15, 0.2) is 18.2 Å². The molecule has 2 saturated carbocycles. The van der Waals surface area contributed by atoms with E-state index in [-0.39, 0.29) is 17.6 Å². The van der Waals surface area contributed by atoms with Crippen molar-refractivity contribution in [2.45, 2.75) is 31.7 Å². The predicted molar refractivity (Wildman–Crippen MR) is 82.5 cm³/mol. The van der Waals surface area contributed by atoms with Crippen molar-refractivity contribution in [1.82, 2.24) is 5.32 Å². The summed E-state index contributed by atoms with van der Waals surface area (Å²) in [6.07, 6.45) is 4.76. The molecule has 5 nitrogen and oxygen atoms in total. The quantitative estimate of drug-likeness (QED) is 0.493. The van der Waals surface area contributed by atoms with Gasteiger partial charge in [0.05, 0.1) is 10.5 Å². The Bertz CT molecular complexity index is 576. The van der Waals surface area contributed by atoms with E-state index < -0.39 is 4.92 Å². The van der Waals surface area contributed by atoms with Gasteiger partial charge in [-0.25, -0.2) is 0 Å². The summed E-state index contributed by atoms with van der Waals surface area (Å²) in [6, 6.07) is 4.66. The highest BCUT2D eigenvalue weighted by Gasteiger charge is 2.40. The lowest BCUT2D eigenvalue weighted by atomic mass is 9.95. The maximum absolute atomic E-state index is 12.3. The Hall–Kier alpha value is -1.18. The monoisotopic (exact) mass is 386 g/mol. The van der Waals surface area contributed by atoms with E-state index in [1.165, 1.54) is 31.4 Å². The molecule has 1 aromatic rings. The lowest BCUT2D eigenvalue weighted by molar-refractivity contribution is -0.384. The molecule has 1 N–H and O–H groups in total. The molecule has 0 radical (unpaired) electrons. The number of benzene rings is 1. The van der Waals surface area contributed by atoms with E-state index in [0.717, 1.165) is 15.9 Å². The smallest absolute Gasteiger partial charge is 0.270 e. The van der Waals surface area contributed by atoms with Gasteiger partial charge in [0.1, 0.15) is 0 Å². The molecule has 2 bridgehead atoms. The summed E-state index contributed by atoms with van der Waals surface area (Å²) in [5, 5.41) is 13.9. The predicted octanol–water partition coefficient (Wildman–Crippen LogP) is 3.12. The number of rotatable bonds is 3. The van der Waals surface area contributed by atoms with Crippen LogP contribution in [0.25, 0.3) is 0 Å². The molecule has 0 saturated heterocycles. The normalized spacial score (nSPS) is 27.6. The average molecular weight is 386 g/mol. The Balaban J connectivity index is 1.76. The van der Waals surface area contributed by atoms with Gasteiger partial charge in [0, 0.05) is 21.7 Å². The van der Waals surface area contributed by atoms with Crippen molar-refractivity contribution in [3.8, 4) is 0 Å².